The van der Waals surface area contributed by atoms with Crippen LogP contribution in [0.1, 0.15) is 83.5 Å². The van der Waals surface area contributed by atoms with Crippen LogP contribution in [0.5, 0.6) is 5.75 Å². The predicted molar refractivity (Wildman–Crippen MR) is 230 cm³/mol. The number of anilines is 1. The molecule has 8 unspecified atom stereocenters. The van der Waals surface area contributed by atoms with Crippen molar-refractivity contribution in [1.29, 1.82) is 0 Å². The Balaban J connectivity index is 0.000000822. The Bertz CT molecular complexity index is 1570. The van der Waals surface area contributed by atoms with Gasteiger partial charge in [-0.05, 0) is 92.4 Å². The standard InChI is InChI=1S/C40H57ClN4O4S.C5H12O/c1-4-6-29-19-34(41)11-13-36(29)33-23-45-22-32-9-12-37(32)31(21-43-15-17-44(18-16-43)35-25-48-26-35)8-5-7-27(2)28(3)50(47)42-40(46)30-10-14-39(49-24-33)38(45)20-30;1-5(2)4-6-3/h5,8,10-11,13-14,20,27-28,31-35,37H,4,6-7,9,12,15-19,21-26H2,1-3H3,(H,42,46);5H,4H2,1-3H3/b8-5+;. The molecule has 1 aromatic rings. The van der Waals surface area contributed by atoms with Gasteiger partial charge in [0.2, 0.25) is 0 Å². The Morgan fingerprint density at radius 1 is 1.05 bits per heavy atom. The molecule has 4 aliphatic heterocycles. The largest absolute Gasteiger partial charge is 0.491 e. The molecule has 7 rings (SSSR count). The summed E-state index contributed by atoms with van der Waals surface area (Å²) >= 11 is 6.63. The summed E-state index contributed by atoms with van der Waals surface area (Å²) in [5.74, 6) is 3.20. The van der Waals surface area contributed by atoms with Crippen molar-refractivity contribution < 1.29 is 23.2 Å². The average Bonchev–Trinajstić information content (AvgIpc) is 3.32. The molecule has 1 N–H and O–H groups in total. The molecule has 56 heavy (non-hydrogen) atoms. The fraction of sp³-hybridized carbons (Fsp3) is 0.711. The Morgan fingerprint density at radius 3 is 2.48 bits per heavy atom. The van der Waals surface area contributed by atoms with Gasteiger partial charge < -0.3 is 24.0 Å². The summed E-state index contributed by atoms with van der Waals surface area (Å²) in [6.07, 6.45) is 15.6. The third-order valence-corrected chi connectivity index (χ3v) is 14.8. The number of ether oxygens (including phenoxy) is 3. The van der Waals surface area contributed by atoms with Gasteiger partial charge in [0.1, 0.15) is 16.7 Å². The number of hydrogen-bond donors (Lipinski definition) is 1. The van der Waals surface area contributed by atoms with Gasteiger partial charge in [0.05, 0.1) is 42.2 Å². The lowest BCUT2D eigenvalue weighted by atomic mass is 9.66. The Hall–Kier alpha value is -2.21. The molecule has 0 radical (unpaired) electrons. The van der Waals surface area contributed by atoms with Crippen LogP contribution in [0.15, 0.2) is 53.6 Å². The normalized spacial score (nSPS) is 32.6. The highest BCUT2D eigenvalue weighted by Crippen LogP contribution is 2.45. The first-order valence-corrected chi connectivity index (χ1v) is 23.2. The first-order chi connectivity index (χ1) is 27.0. The minimum atomic E-state index is -1.49. The van der Waals surface area contributed by atoms with E-state index in [1.54, 1.807) is 7.11 Å². The molecular formula is C45H69ClN4O5S. The maximum absolute atomic E-state index is 13.5. The second kappa shape index (κ2) is 20.7. The third kappa shape index (κ3) is 11.1. The minimum absolute atomic E-state index is 0.0420. The van der Waals surface area contributed by atoms with E-state index in [1.165, 1.54) is 24.0 Å². The summed E-state index contributed by atoms with van der Waals surface area (Å²) < 4.78 is 33.1. The zero-order valence-electron chi connectivity index (χ0n) is 34.9. The van der Waals surface area contributed by atoms with Crippen molar-refractivity contribution in [3.63, 3.8) is 0 Å². The molecular weight excluding hydrogens is 744 g/mol. The number of allylic oxidation sites excluding steroid dienone is 4. The molecule has 2 aliphatic carbocycles. The van der Waals surface area contributed by atoms with Gasteiger partial charge in [0, 0.05) is 71.0 Å². The summed E-state index contributed by atoms with van der Waals surface area (Å²) in [4.78, 5) is 21.3. The number of methoxy groups -OCH3 is 1. The van der Waals surface area contributed by atoms with Crippen molar-refractivity contribution in [2.24, 2.45) is 35.5 Å². The number of hydrogen-bond acceptors (Lipinski definition) is 8. The average molecular weight is 814 g/mol. The minimum Gasteiger partial charge on any atom is -0.491 e. The molecule has 11 heteroatoms. The van der Waals surface area contributed by atoms with Crippen molar-refractivity contribution in [3.8, 4) is 5.75 Å². The van der Waals surface area contributed by atoms with Crippen molar-refractivity contribution in [2.45, 2.75) is 89.8 Å². The molecule has 1 saturated carbocycles. The fourth-order valence-corrected chi connectivity index (χ4v) is 10.5. The Kier molecular flexibility index (Phi) is 16.0. The van der Waals surface area contributed by atoms with Crippen LogP contribution >= 0.6 is 11.6 Å². The lowest BCUT2D eigenvalue weighted by Gasteiger charge is -2.47. The maximum atomic E-state index is 13.5. The Morgan fingerprint density at radius 2 is 1.84 bits per heavy atom. The van der Waals surface area contributed by atoms with Crippen molar-refractivity contribution in [2.75, 3.05) is 84.3 Å². The van der Waals surface area contributed by atoms with E-state index in [2.05, 4.69) is 71.4 Å². The highest BCUT2D eigenvalue weighted by Gasteiger charge is 2.40. The molecule has 0 spiro atoms. The van der Waals surface area contributed by atoms with E-state index in [4.69, 9.17) is 25.8 Å². The lowest BCUT2D eigenvalue weighted by molar-refractivity contribution is -0.0782. The second-order valence-corrected chi connectivity index (χ2v) is 19.7. The number of halogens is 1. The highest BCUT2D eigenvalue weighted by atomic mass is 35.5. The number of nitrogens with one attached hydrogen (secondary N) is 1. The van der Waals surface area contributed by atoms with Gasteiger partial charge >= 0.3 is 0 Å². The smallest absolute Gasteiger partial charge is 0.263 e. The molecule has 2 bridgehead atoms. The van der Waals surface area contributed by atoms with Crippen LogP contribution < -0.4 is 14.4 Å². The maximum Gasteiger partial charge on any atom is 0.263 e. The SMILES string of the molecule is CCCC1=C(C2COc3ccc4cc3N(C2)CC2CCC2C(CN2CCN(C3COC3)CC2)/C=C/CC(C)C(C)S(=O)NC4=O)C=CC(Cl)C1.COCC(C)C. The summed E-state index contributed by atoms with van der Waals surface area (Å²) in [5.41, 5.74) is 4.33. The van der Waals surface area contributed by atoms with E-state index >= 15 is 0 Å². The van der Waals surface area contributed by atoms with E-state index < -0.39 is 11.0 Å². The molecule has 3 fully saturated rings. The molecule has 6 aliphatic rings. The van der Waals surface area contributed by atoms with Gasteiger partial charge in [-0.25, -0.2) is 4.21 Å². The van der Waals surface area contributed by atoms with Crippen molar-refractivity contribution >= 4 is 34.2 Å². The monoisotopic (exact) mass is 812 g/mol. The zero-order valence-corrected chi connectivity index (χ0v) is 36.5. The van der Waals surface area contributed by atoms with Gasteiger partial charge in [-0.2, -0.15) is 0 Å². The third-order valence-electron chi connectivity index (χ3n) is 13.0. The molecule has 9 nitrogen and oxygen atoms in total. The van der Waals surface area contributed by atoms with E-state index in [0.717, 1.165) is 103 Å². The van der Waals surface area contributed by atoms with E-state index in [9.17, 15) is 9.00 Å². The number of fused-ring (bicyclic) bond motifs is 2. The summed E-state index contributed by atoms with van der Waals surface area (Å²) in [7, 11) is 0.227. The molecule has 8 atom stereocenters. The van der Waals surface area contributed by atoms with E-state index in [1.807, 2.05) is 25.1 Å². The van der Waals surface area contributed by atoms with Crippen molar-refractivity contribution in [1.82, 2.24) is 14.5 Å². The molecule has 1 amide bonds. The van der Waals surface area contributed by atoms with Crippen LogP contribution in [-0.4, -0.2) is 116 Å². The molecule has 4 heterocycles. The number of carbonyl (C=O) groups excluding carboxylic acids is 1. The van der Waals surface area contributed by atoms with Gasteiger partial charge in [-0.1, -0.05) is 64.0 Å². The number of rotatable bonds is 8. The Labute approximate surface area is 345 Å². The first kappa shape index (κ1) is 43.4. The van der Waals surface area contributed by atoms with Crippen LogP contribution in [-0.2, 0) is 20.5 Å². The molecule has 312 valence electrons. The molecule has 1 aromatic carbocycles. The van der Waals surface area contributed by atoms with Crippen LogP contribution in [0.4, 0.5) is 5.69 Å². The lowest BCUT2D eigenvalue weighted by Crippen LogP contribution is -2.57. The summed E-state index contributed by atoms with van der Waals surface area (Å²) in [5, 5.41) is -0.126. The molecule has 0 aromatic heterocycles. The molecule has 2 saturated heterocycles. The zero-order chi connectivity index (χ0) is 39.8. The topological polar surface area (TPSA) is 83.6 Å². The number of nitrogens with zero attached hydrogens (tertiary/aromatic N) is 3. The number of alkyl halides is 1. The van der Waals surface area contributed by atoms with E-state index in [0.29, 0.717) is 41.9 Å². The van der Waals surface area contributed by atoms with Gasteiger partial charge in [-0.15, -0.1) is 11.6 Å². The van der Waals surface area contributed by atoms with Crippen LogP contribution in [0.3, 0.4) is 0 Å². The van der Waals surface area contributed by atoms with Gasteiger partial charge in [0.15, 0.2) is 0 Å². The van der Waals surface area contributed by atoms with Crippen molar-refractivity contribution in [3.05, 3.63) is 59.2 Å². The highest BCUT2D eigenvalue weighted by molar-refractivity contribution is 7.84. The number of piperazine rings is 1. The van der Waals surface area contributed by atoms with Crippen LogP contribution in [0, 0.1) is 35.5 Å². The predicted octanol–water partition coefficient (Wildman–Crippen LogP) is 7.49. The van der Waals surface area contributed by atoms with Gasteiger partial charge in [0.25, 0.3) is 5.91 Å². The fourth-order valence-electron chi connectivity index (χ4n) is 9.21. The van der Waals surface area contributed by atoms with E-state index in [-0.39, 0.29) is 28.4 Å². The number of carbonyl (C=O) groups is 1. The first-order valence-electron chi connectivity index (χ1n) is 21.5. The quantitative estimate of drug-likeness (QED) is 0.214. The summed E-state index contributed by atoms with van der Waals surface area (Å²) in [6.45, 7) is 21.2. The van der Waals surface area contributed by atoms with Gasteiger partial charge in [-0.3, -0.25) is 14.4 Å². The van der Waals surface area contributed by atoms with Crippen LogP contribution in [0.2, 0.25) is 0 Å². The van der Waals surface area contributed by atoms with Crippen LogP contribution in [0.25, 0.3) is 0 Å². The second-order valence-electron chi connectivity index (χ2n) is 17.6. The number of amides is 1. The summed E-state index contributed by atoms with van der Waals surface area (Å²) in [6, 6.07) is 6.36. The number of benzene rings is 1.